The van der Waals surface area contributed by atoms with E-state index in [0.717, 1.165) is 5.56 Å². The van der Waals surface area contributed by atoms with Gasteiger partial charge in [0.05, 0.1) is 23.6 Å². The summed E-state index contributed by atoms with van der Waals surface area (Å²) in [4.78, 5) is 39.9. The number of aryl methyl sites for hydroxylation is 1. The van der Waals surface area contributed by atoms with E-state index in [0.29, 0.717) is 36.4 Å². The number of nitro groups is 1. The van der Waals surface area contributed by atoms with Crippen molar-refractivity contribution in [3.05, 3.63) is 74.8 Å². The SMILES string of the molecule is COc1ccc(/C(O)=C2\C(=O)C(=O)N(CCCN(C)C)[C@H]2c2ccc([N+](=O)[O-])cc2)cc1C. The summed E-state index contributed by atoms with van der Waals surface area (Å²) in [5, 5.41) is 22.2. The molecule has 0 aliphatic carbocycles. The second-order valence-corrected chi connectivity index (χ2v) is 8.18. The smallest absolute Gasteiger partial charge is 0.295 e. The molecule has 0 aromatic heterocycles. The van der Waals surface area contributed by atoms with Crippen LogP contribution in [0.15, 0.2) is 48.0 Å². The fraction of sp³-hybridized carbons (Fsp3) is 0.333. The van der Waals surface area contributed by atoms with Gasteiger partial charge in [0.15, 0.2) is 0 Å². The van der Waals surface area contributed by atoms with Crippen molar-refractivity contribution in [2.75, 3.05) is 34.3 Å². The number of Topliss-reactive ketones (excluding diaryl/α,β-unsaturated/α-hetero) is 1. The number of ether oxygens (including phenoxy) is 1. The highest BCUT2D eigenvalue weighted by atomic mass is 16.6. The first-order valence-corrected chi connectivity index (χ1v) is 10.5. The van der Waals surface area contributed by atoms with Crippen molar-refractivity contribution in [1.29, 1.82) is 0 Å². The number of nitro benzene ring substituents is 1. The average Bonchev–Trinajstić information content (AvgIpc) is 3.03. The first-order valence-electron chi connectivity index (χ1n) is 10.5. The number of non-ortho nitro benzene ring substituents is 1. The summed E-state index contributed by atoms with van der Waals surface area (Å²) in [5.41, 5.74) is 1.51. The lowest BCUT2D eigenvalue weighted by atomic mass is 9.94. The monoisotopic (exact) mass is 453 g/mol. The van der Waals surface area contributed by atoms with Crippen molar-refractivity contribution in [3.8, 4) is 5.75 Å². The number of likely N-dealkylation sites (tertiary alicyclic amines) is 1. The van der Waals surface area contributed by atoms with E-state index in [4.69, 9.17) is 4.74 Å². The van der Waals surface area contributed by atoms with E-state index in [1.807, 2.05) is 25.9 Å². The molecule has 0 unspecified atom stereocenters. The minimum absolute atomic E-state index is 0.0386. The summed E-state index contributed by atoms with van der Waals surface area (Å²) in [5.74, 6) is -1.15. The van der Waals surface area contributed by atoms with Gasteiger partial charge in [0.25, 0.3) is 17.4 Å². The largest absolute Gasteiger partial charge is 0.507 e. The Morgan fingerprint density at radius 2 is 1.85 bits per heavy atom. The summed E-state index contributed by atoms with van der Waals surface area (Å²) >= 11 is 0. The zero-order chi connectivity index (χ0) is 24.3. The number of carbonyl (C=O) groups is 2. The van der Waals surface area contributed by atoms with Crippen LogP contribution in [0.25, 0.3) is 5.76 Å². The van der Waals surface area contributed by atoms with Crippen LogP contribution in [-0.2, 0) is 9.59 Å². The number of nitrogens with zero attached hydrogens (tertiary/aromatic N) is 3. The molecule has 1 saturated heterocycles. The lowest BCUT2D eigenvalue weighted by Crippen LogP contribution is -2.32. The van der Waals surface area contributed by atoms with Gasteiger partial charge in [-0.3, -0.25) is 19.7 Å². The lowest BCUT2D eigenvalue weighted by Gasteiger charge is -2.26. The fourth-order valence-corrected chi connectivity index (χ4v) is 3.97. The zero-order valence-electron chi connectivity index (χ0n) is 19.1. The molecule has 2 aromatic rings. The Kier molecular flexibility index (Phi) is 7.13. The highest BCUT2D eigenvalue weighted by molar-refractivity contribution is 6.46. The number of methoxy groups -OCH3 is 1. The molecule has 1 N–H and O–H groups in total. The van der Waals surface area contributed by atoms with Gasteiger partial charge >= 0.3 is 0 Å². The van der Waals surface area contributed by atoms with Crippen molar-refractivity contribution in [1.82, 2.24) is 9.80 Å². The molecule has 9 nitrogen and oxygen atoms in total. The molecule has 174 valence electrons. The molecule has 1 amide bonds. The van der Waals surface area contributed by atoms with E-state index < -0.39 is 22.7 Å². The number of ketones is 1. The van der Waals surface area contributed by atoms with Gasteiger partial charge in [-0.2, -0.15) is 0 Å². The number of hydrogen-bond acceptors (Lipinski definition) is 7. The second kappa shape index (κ2) is 9.83. The van der Waals surface area contributed by atoms with E-state index in [9.17, 15) is 24.8 Å². The third-order valence-electron chi connectivity index (χ3n) is 5.63. The first kappa shape index (κ1) is 23.9. The topological polar surface area (TPSA) is 113 Å². The molecule has 1 aliphatic heterocycles. The fourth-order valence-electron chi connectivity index (χ4n) is 3.97. The molecule has 3 rings (SSSR count). The van der Waals surface area contributed by atoms with Crippen LogP contribution in [0.3, 0.4) is 0 Å². The molecule has 2 aromatic carbocycles. The molecule has 1 aliphatic rings. The van der Waals surface area contributed by atoms with Crippen LogP contribution >= 0.6 is 0 Å². The van der Waals surface area contributed by atoms with Crippen molar-refractivity contribution >= 4 is 23.1 Å². The Bertz CT molecular complexity index is 1110. The summed E-state index contributed by atoms with van der Waals surface area (Å²) in [6.45, 7) is 2.81. The number of aliphatic hydroxyl groups excluding tert-OH is 1. The van der Waals surface area contributed by atoms with E-state index in [2.05, 4.69) is 0 Å². The zero-order valence-corrected chi connectivity index (χ0v) is 19.1. The van der Waals surface area contributed by atoms with Gasteiger partial charge in [0.1, 0.15) is 11.5 Å². The van der Waals surface area contributed by atoms with Crippen molar-refractivity contribution < 1.29 is 24.4 Å². The van der Waals surface area contributed by atoms with E-state index in [1.165, 1.54) is 36.3 Å². The molecule has 33 heavy (non-hydrogen) atoms. The molecule has 0 spiro atoms. The Morgan fingerprint density at radius 3 is 2.39 bits per heavy atom. The van der Waals surface area contributed by atoms with Gasteiger partial charge < -0.3 is 19.6 Å². The van der Waals surface area contributed by atoms with Crippen LogP contribution in [0.2, 0.25) is 0 Å². The average molecular weight is 453 g/mol. The number of rotatable bonds is 8. The molecule has 1 heterocycles. The second-order valence-electron chi connectivity index (χ2n) is 8.18. The van der Waals surface area contributed by atoms with E-state index in [-0.39, 0.29) is 17.0 Å². The standard InChI is InChI=1S/C24H27N3O6/c1-15-14-17(8-11-19(15)33-4)22(28)20-21(16-6-9-18(10-7-16)27(31)32)26(24(30)23(20)29)13-5-12-25(2)3/h6-11,14,21,28H,5,12-13H2,1-4H3/b22-20+/t21-/m0/s1. The third kappa shape index (κ3) is 4.88. The van der Waals surface area contributed by atoms with Crippen LogP contribution in [0.4, 0.5) is 5.69 Å². The normalized spacial score (nSPS) is 17.6. The minimum Gasteiger partial charge on any atom is -0.507 e. The van der Waals surface area contributed by atoms with E-state index >= 15 is 0 Å². The van der Waals surface area contributed by atoms with Crippen molar-refractivity contribution in [3.63, 3.8) is 0 Å². The van der Waals surface area contributed by atoms with Crippen LogP contribution < -0.4 is 4.74 Å². The molecule has 0 radical (unpaired) electrons. The summed E-state index contributed by atoms with van der Waals surface area (Å²) in [6, 6.07) is 9.81. The maximum absolute atomic E-state index is 13.0. The maximum Gasteiger partial charge on any atom is 0.295 e. The van der Waals surface area contributed by atoms with Crippen LogP contribution in [0, 0.1) is 17.0 Å². The molecule has 0 bridgehead atoms. The molecular formula is C24H27N3O6. The van der Waals surface area contributed by atoms with Crippen LogP contribution in [0.1, 0.15) is 29.2 Å². The Hall–Kier alpha value is -3.72. The van der Waals surface area contributed by atoms with Gasteiger partial charge in [-0.15, -0.1) is 0 Å². The van der Waals surface area contributed by atoms with Gasteiger partial charge in [-0.05, 0) is 75.4 Å². The molecule has 1 atom stereocenters. The third-order valence-corrected chi connectivity index (χ3v) is 5.63. The summed E-state index contributed by atoms with van der Waals surface area (Å²) in [6.07, 6.45) is 0.616. The van der Waals surface area contributed by atoms with Crippen LogP contribution in [-0.4, -0.2) is 65.8 Å². The molecule has 1 fully saturated rings. The van der Waals surface area contributed by atoms with Gasteiger partial charge in [-0.1, -0.05) is 0 Å². The quantitative estimate of drug-likeness (QED) is 0.215. The predicted octanol–water partition coefficient (Wildman–Crippen LogP) is 3.29. The van der Waals surface area contributed by atoms with Gasteiger partial charge in [-0.25, -0.2) is 0 Å². The number of aliphatic hydroxyl groups is 1. The predicted molar refractivity (Wildman–Crippen MR) is 123 cm³/mol. The van der Waals surface area contributed by atoms with Crippen molar-refractivity contribution in [2.24, 2.45) is 0 Å². The van der Waals surface area contributed by atoms with Crippen LogP contribution in [0.5, 0.6) is 5.75 Å². The maximum atomic E-state index is 13.0. The highest BCUT2D eigenvalue weighted by Gasteiger charge is 2.45. The Balaban J connectivity index is 2.11. The van der Waals surface area contributed by atoms with E-state index in [1.54, 1.807) is 18.2 Å². The molecule has 0 saturated carbocycles. The highest BCUT2D eigenvalue weighted by Crippen LogP contribution is 2.40. The number of amides is 1. The number of benzene rings is 2. The first-order chi connectivity index (χ1) is 15.6. The Morgan fingerprint density at radius 1 is 1.18 bits per heavy atom. The van der Waals surface area contributed by atoms with Gasteiger partial charge in [0, 0.05) is 24.2 Å². The lowest BCUT2D eigenvalue weighted by molar-refractivity contribution is -0.384. The number of hydrogen-bond donors (Lipinski definition) is 1. The Labute approximate surface area is 192 Å². The number of carbonyl (C=O) groups excluding carboxylic acids is 2. The minimum atomic E-state index is -0.852. The van der Waals surface area contributed by atoms with Gasteiger partial charge in [0.2, 0.25) is 0 Å². The van der Waals surface area contributed by atoms with Crippen molar-refractivity contribution in [2.45, 2.75) is 19.4 Å². The summed E-state index contributed by atoms with van der Waals surface area (Å²) in [7, 11) is 5.36. The molecule has 9 heteroatoms. The summed E-state index contributed by atoms with van der Waals surface area (Å²) < 4.78 is 5.26. The molecular weight excluding hydrogens is 426 g/mol.